The lowest BCUT2D eigenvalue weighted by atomic mass is 9.83. The summed E-state index contributed by atoms with van der Waals surface area (Å²) in [4.78, 5) is 53.4. The van der Waals surface area contributed by atoms with Crippen molar-refractivity contribution >= 4 is 11.9 Å². The van der Waals surface area contributed by atoms with Crippen molar-refractivity contribution < 1.29 is 19.1 Å². The number of amides is 1. The lowest BCUT2D eigenvalue weighted by Crippen LogP contribution is -2.46. The average Bonchev–Trinajstić information content (AvgIpc) is 3.55. The van der Waals surface area contributed by atoms with Gasteiger partial charge < -0.3 is 19.7 Å². The first-order valence-electron chi connectivity index (χ1n) is 13.3. The van der Waals surface area contributed by atoms with Crippen LogP contribution in [0.2, 0.25) is 0 Å². The van der Waals surface area contributed by atoms with Crippen LogP contribution in [0.15, 0.2) is 63.7 Å². The Balaban J connectivity index is 1.39. The highest BCUT2D eigenvalue weighted by Gasteiger charge is 2.44. The van der Waals surface area contributed by atoms with E-state index in [4.69, 9.17) is 9.47 Å². The van der Waals surface area contributed by atoms with Crippen LogP contribution in [0, 0.1) is 0 Å². The van der Waals surface area contributed by atoms with Gasteiger partial charge in [-0.3, -0.25) is 4.79 Å². The molecule has 6 rings (SSSR count). The van der Waals surface area contributed by atoms with Crippen molar-refractivity contribution in [3.8, 4) is 17.2 Å². The molecule has 11 heteroatoms. The van der Waals surface area contributed by atoms with E-state index in [1.54, 1.807) is 54.4 Å². The summed E-state index contributed by atoms with van der Waals surface area (Å²) in [5.41, 5.74) is 0.638. The minimum Gasteiger partial charge on any atom is -0.483 e. The summed E-state index contributed by atoms with van der Waals surface area (Å²) in [6.45, 7) is 7.06. The Morgan fingerprint density at radius 3 is 2.52 bits per heavy atom. The Hall–Kier alpha value is -4.38. The molecular weight excluding hydrogens is 514 g/mol. The van der Waals surface area contributed by atoms with Crippen molar-refractivity contribution in [1.82, 2.24) is 24.1 Å². The highest BCUT2D eigenvalue weighted by Crippen LogP contribution is 2.47. The van der Waals surface area contributed by atoms with E-state index in [-0.39, 0.29) is 18.4 Å². The highest BCUT2D eigenvalue weighted by molar-refractivity contribution is 5.94. The van der Waals surface area contributed by atoms with E-state index in [9.17, 15) is 19.2 Å². The summed E-state index contributed by atoms with van der Waals surface area (Å²) in [7, 11) is 1.72. The monoisotopic (exact) mass is 545 g/mol. The van der Waals surface area contributed by atoms with Crippen molar-refractivity contribution in [2.24, 2.45) is 0 Å². The molecule has 0 bridgehead atoms. The smallest absolute Gasteiger partial charge is 0.415 e. The van der Waals surface area contributed by atoms with Gasteiger partial charge in [-0.25, -0.2) is 28.3 Å². The van der Waals surface area contributed by atoms with Gasteiger partial charge in [0.25, 0.3) is 0 Å². The first-order chi connectivity index (χ1) is 19.1. The number of allylic oxidation sites excluding steroid dienone is 1. The van der Waals surface area contributed by atoms with E-state index in [2.05, 4.69) is 5.32 Å². The van der Waals surface area contributed by atoms with Crippen LogP contribution in [0.5, 0.6) is 11.5 Å². The second-order valence-electron chi connectivity index (χ2n) is 10.9. The van der Waals surface area contributed by atoms with Gasteiger partial charge in [0.2, 0.25) is 0 Å². The van der Waals surface area contributed by atoms with Crippen LogP contribution in [0.25, 0.3) is 5.69 Å². The number of carbonyl (C=O) groups is 2. The summed E-state index contributed by atoms with van der Waals surface area (Å²) < 4.78 is 16.0. The SMILES string of the molecule is CC(=O)c1ccc(-n2c(=O)n3n(c2=O)C2C(=CC3)C(C)(C)Oc3cc(OC(=O)N(C)C4CCNC4)ccc32)cc1. The Bertz CT molecular complexity index is 1670. The molecule has 1 aromatic heterocycles. The Morgan fingerprint density at radius 2 is 1.85 bits per heavy atom. The summed E-state index contributed by atoms with van der Waals surface area (Å²) >= 11 is 0. The minimum atomic E-state index is -0.793. The fourth-order valence-corrected chi connectivity index (χ4v) is 5.80. The van der Waals surface area contributed by atoms with Gasteiger partial charge in [0.1, 0.15) is 23.1 Å². The molecule has 1 saturated heterocycles. The van der Waals surface area contributed by atoms with Crippen molar-refractivity contribution in [1.29, 1.82) is 0 Å². The van der Waals surface area contributed by atoms with E-state index in [0.29, 0.717) is 28.3 Å². The number of nitrogens with zero attached hydrogens (tertiary/aromatic N) is 4. The molecule has 2 aromatic carbocycles. The lowest BCUT2D eigenvalue weighted by molar-refractivity contribution is 0.101. The maximum absolute atomic E-state index is 13.8. The topological polar surface area (TPSA) is 117 Å². The lowest BCUT2D eigenvalue weighted by Gasteiger charge is -2.42. The number of Topliss-reactive ketones (excluding diaryl/α,β-unsaturated/α-hetero) is 1. The fraction of sp³-hybridized carbons (Fsp3) is 0.379. The van der Waals surface area contributed by atoms with Crippen LogP contribution >= 0.6 is 0 Å². The number of fused-ring (bicyclic) bond motifs is 5. The van der Waals surface area contributed by atoms with Crippen LogP contribution in [0.3, 0.4) is 0 Å². The molecule has 0 radical (unpaired) electrons. The maximum Gasteiger partial charge on any atom is 0.415 e. The van der Waals surface area contributed by atoms with Crippen molar-refractivity contribution in [2.75, 3.05) is 20.1 Å². The summed E-state index contributed by atoms with van der Waals surface area (Å²) in [6, 6.07) is 11.0. The zero-order chi connectivity index (χ0) is 28.3. The van der Waals surface area contributed by atoms with Crippen LogP contribution in [-0.4, -0.2) is 62.5 Å². The normalized spacial score (nSPS) is 20.4. The second kappa shape index (κ2) is 9.37. The number of likely N-dealkylation sites (N-methyl/N-ethyl adjacent to an activating group) is 1. The molecule has 4 heterocycles. The van der Waals surface area contributed by atoms with E-state index in [0.717, 1.165) is 29.7 Å². The van der Waals surface area contributed by atoms with Crippen LogP contribution in [-0.2, 0) is 6.54 Å². The number of benzene rings is 2. The molecule has 1 N–H and O–H groups in total. The van der Waals surface area contributed by atoms with Gasteiger partial charge in [0.05, 0.1) is 12.2 Å². The first kappa shape index (κ1) is 25.9. The highest BCUT2D eigenvalue weighted by atomic mass is 16.6. The quantitative estimate of drug-likeness (QED) is 0.396. The average molecular weight is 546 g/mol. The van der Waals surface area contributed by atoms with E-state index in [1.807, 2.05) is 19.9 Å². The molecule has 2 unspecified atom stereocenters. The molecule has 1 amide bonds. The first-order valence-corrected chi connectivity index (χ1v) is 13.3. The number of aromatic nitrogens is 3. The number of carbonyl (C=O) groups excluding carboxylic acids is 2. The molecule has 1 fully saturated rings. The van der Waals surface area contributed by atoms with Gasteiger partial charge in [-0.15, -0.1) is 0 Å². The molecule has 3 aliphatic heterocycles. The molecule has 11 nitrogen and oxygen atoms in total. The van der Waals surface area contributed by atoms with Crippen LogP contribution in [0.4, 0.5) is 4.79 Å². The minimum absolute atomic E-state index is 0.0709. The van der Waals surface area contributed by atoms with Gasteiger partial charge in [-0.1, -0.05) is 6.08 Å². The van der Waals surface area contributed by atoms with Crippen molar-refractivity contribution in [3.05, 3.63) is 86.2 Å². The third kappa shape index (κ3) is 4.08. The number of rotatable bonds is 4. The standard InChI is InChI=1S/C29H31N5O6/c1-17(35)18-5-7-19(8-6-18)33-26(36)32-14-12-23-25(34(32)27(33)37)22-10-9-21(15-24(22)40-29(23,2)3)39-28(38)31(4)20-11-13-30-16-20/h5-10,12,15,20,25,30H,11,13-14,16H2,1-4H3. The molecular formula is C29H31N5O6. The summed E-state index contributed by atoms with van der Waals surface area (Å²) in [6.07, 6.45) is 2.33. The second-order valence-corrected chi connectivity index (χ2v) is 10.9. The number of hydrogen-bond acceptors (Lipinski definition) is 7. The van der Waals surface area contributed by atoms with E-state index >= 15 is 0 Å². The largest absolute Gasteiger partial charge is 0.483 e. The van der Waals surface area contributed by atoms with Crippen LogP contribution in [0.1, 0.15) is 49.2 Å². The van der Waals surface area contributed by atoms with Gasteiger partial charge in [-0.2, -0.15) is 0 Å². The van der Waals surface area contributed by atoms with Crippen molar-refractivity contribution in [2.45, 2.75) is 51.4 Å². The molecule has 0 spiro atoms. The molecule has 3 aromatic rings. The van der Waals surface area contributed by atoms with E-state index < -0.39 is 29.1 Å². The Morgan fingerprint density at radius 1 is 1.10 bits per heavy atom. The maximum atomic E-state index is 13.8. The van der Waals surface area contributed by atoms with Gasteiger partial charge in [0.15, 0.2) is 5.78 Å². The summed E-state index contributed by atoms with van der Waals surface area (Å²) in [5, 5.41) is 3.24. The van der Waals surface area contributed by atoms with Crippen LogP contribution < -0.4 is 26.2 Å². The molecule has 3 aliphatic rings. The third-order valence-electron chi connectivity index (χ3n) is 8.03. The Labute approximate surface area is 230 Å². The number of hydrogen-bond donors (Lipinski definition) is 1. The van der Waals surface area contributed by atoms with Crippen molar-refractivity contribution in [3.63, 3.8) is 0 Å². The zero-order valence-electron chi connectivity index (χ0n) is 22.8. The molecule has 208 valence electrons. The molecule has 40 heavy (non-hydrogen) atoms. The predicted octanol–water partition coefficient (Wildman–Crippen LogP) is 2.50. The van der Waals surface area contributed by atoms with E-state index in [1.165, 1.54) is 16.3 Å². The Kier molecular flexibility index (Phi) is 6.06. The number of ether oxygens (including phenoxy) is 2. The molecule has 0 saturated carbocycles. The van der Waals surface area contributed by atoms with Gasteiger partial charge in [0, 0.05) is 36.8 Å². The molecule has 0 aliphatic carbocycles. The number of nitrogens with one attached hydrogen (secondary N) is 1. The van der Waals surface area contributed by atoms with Gasteiger partial charge in [-0.05, 0) is 75.7 Å². The predicted molar refractivity (Wildman–Crippen MR) is 147 cm³/mol. The zero-order valence-corrected chi connectivity index (χ0v) is 22.8. The van der Waals surface area contributed by atoms with Gasteiger partial charge >= 0.3 is 17.5 Å². The third-order valence-corrected chi connectivity index (χ3v) is 8.03. The fourth-order valence-electron chi connectivity index (χ4n) is 5.80. The summed E-state index contributed by atoms with van der Waals surface area (Å²) in [5.74, 6) is 0.691. The number of ketones is 1. The molecule has 2 atom stereocenters.